The Kier molecular flexibility index (Phi) is 6.08. The van der Waals surface area contributed by atoms with Gasteiger partial charge in [-0.2, -0.15) is 0 Å². The predicted octanol–water partition coefficient (Wildman–Crippen LogP) is 3.89. The molecular formula is C21H18N6O4S. The van der Waals surface area contributed by atoms with E-state index in [1.54, 1.807) is 48.0 Å². The largest absolute Gasteiger partial charge is 0.496 e. The maximum absolute atomic E-state index is 12.2. The average molecular weight is 450 g/mol. The van der Waals surface area contributed by atoms with Crippen LogP contribution in [0.25, 0.3) is 10.9 Å². The molecule has 3 N–H and O–H groups in total. The second-order valence-electron chi connectivity index (χ2n) is 6.37. The van der Waals surface area contributed by atoms with Crippen LogP contribution in [0.15, 0.2) is 54.3 Å². The molecule has 0 saturated heterocycles. The number of thiazole rings is 1. The molecule has 2 aromatic heterocycles. The van der Waals surface area contributed by atoms with Crippen LogP contribution in [0.4, 0.5) is 15.6 Å². The summed E-state index contributed by atoms with van der Waals surface area (Å²) in [5.74, 6) is 0.871. The topological polar surface area (TPSA) is 127 Å². The lowest BCUT2D eigenvalue weighted by atomic mass is 10.1. The number of carbonyl (C=O) groups excluding carboxylic acids is 2. The Balaban J connectivity index is 1.54. The Bertz CT molecular complexity index is 1260. The van der Waals surface area contributed by atoms with Crippen LogP contribution >= 0.6 is 11.3 Å². The minimum atomic E-state index is -0.397. The van der Waals surface area contributed by atoms with Crippen molar-refractivity contribution in [3.63, 3.8) is 0 Å². The van der Waals surface area contributed by atoms with Gasteiger partial charge in [-0.25, -0.2) is 19.7 Å². The van der Waals surface area contributed by atoms with Crippen LogP contribution in [0.3, 0.4) is 0 Å². The molecule has 2 aromatic carbocycles. The van der Waals surface area contributed by atoms with Gasteiger partial charge >= 0.3 is 6.03 Å². The highest BCUT2D eigenvalue weighted by molar-refractivity contribution is 7.13. The van der Waals surface area contributed by atoms with Crippen LogP contribution in [0.5, 0.6) is 17.4 Å². The number of hydrogen-bond acceptors (Lipinski definition) is 8. The molecule has 2 heterocycles. The average Bonchev–Trinajstić information content (AvgIpc) is 3.32. The van der Waals surface area contributed by atoms with Crippen molar-refractivity contribution in [2.24, 2.45) is 0 Å². The van der Waals surface area contributed by atoms with E-state index in [-0.39, 0.29) is 11.8 Å². The number of ether oxygens (including phenoxy) is 2. The van der Waals surface area contributed by atoms with Gasteiger partial charge in [0.2, 0.25) is 5.88 Å². The first-order valence-electron chi connectivity index (χ1n) is 9.37. The van der Waals surface area contributed by atoms with Gasteiger partial charge in [-0.1, -0.05) is 0 Å². The van der Waals surface area contributed by atoms with Crippen molar-refractivity contribution >= 4 is 45.0 Å². The zero-order chi connectivity index (χ0) is 22.5. The molecule has 0 aliphatic heterocycles. The summed E-state index contributed by atoms with van der Waals surface area (Å²) in [7, 11) is 3.02. The summed E-state index contributed by atoms with van der Waals surface area (Å²) in [5, 5.41) is 10.8. The lowest BCUT2D eigenvalue weighted by Crippen LogP contribution is -2.19. The van der Waals surface area contributed by atoms with E-state index in [0.29, 0.717) is 38.8 Å². The number of anilines is 2. The molecule has 3 amide bonds. The van der Waals surface area contributed by atoms with Gasteiger partial charge in [0.15, 0.2) is 5.13 Å². The normalized spacial score (nSPS) is 10.4. The molecule has 0 saturated carbocycles. The van der Waals surface area contributed by atoms with Crippen LogP contribution in [-0.4, -0.2) is 41.0 Å². The fourth-order valence-corrected chi connectivity index (χ4v) is 3.41. The molecule has 4 rings (SSSR count). The van der Waals surface area contributed by atoms with Crippen LogP contribution in [-0.2, 0) is 0 Å². The van der Waals surface area contributed by atoms with Crippen molar-refractivity contribution in [1.82, 2.24) is 20.3 Å². The molecule has 0 aliphatic carbocycles. The van der Waals surface area contributed by atoms with Crippen molar-refractivity contribution in [2.75, 3.05) is 24.8 Å². The summed E-state index contributed by atoms with van der Waals surface area (Å²) in [5.41, 5.74) is 1.48. The van der Waals surface area contributed by atoms with Crippen molar-refractivity contribution < 1.29 is 19.1 Å². The van der Waals surface area contributed by atoms with Gasteiger partial charge in [0.1, 0.15) is 17.8 Å². The second-order valence-corrected chi connectivity index (χ2v) is 7.26. The molecule has 0 radical (unpaired) electrons. The fourth-order valence-electron chi connectivity index (χ4n) is 2.89. The van der Waals surface area contributed by atoms with Crippen molar-refractivity contribution in [3.8, 4) is 17.4 Å². The van der Waals surface area contributed by atoms with Crippen LogP contribution < -0.4 is 25.4 Å². The zero-order valence-corrected chi connectivity index (χ0v) is 17.9. The molecule has 162 valence electrons. The first kappa shape index (κ1) is 21.0. The minimum absolute atomic E-state index is 0.282. The van der Waals surface area contributed by atoms with Gasteiger partial charge in [0.05, 0.1) is 23.6 Å². The van der Waals surface area contributed by atoms with Gasteiger partial charge in [-0.05, 0) is 30.3 Å². The molecule has 0 atom stereocenters. The lowest BCUT2D eigenvalue weighted by molar-refractivity contribution is 0.0960. The van der Waals surface area contributed by atoms with Gasteiger partial charge in [-0.15, -0.1) is 11.3 Å². The van der Waals surface area contributed by atoms with Crippen LogP contribution in [0.1, 0.15) is 10.4 Å². The molecule has 0 bridgehead atoms. The number of urea groups is 1. The molecular weight excluding hydrogens is 432 g/mol. The Labute approximate surface area is 186 Å². The molecule has 10 nitrogen and oxygen atoms in total. The third-order valence-corrected chi connectivity index (χ3v) is 5.06. The summed E-state index contributed by atoms with van der Waals surface area (Å²) in [4.78, 5) is 36.7. The van der Waals surface area contributed by atoms with E-state index in [1.165, 1.54) is 31.8 Å². The third-order valence-electron chi connectivity index (χ3n) is 4.37. The van der Waals surface area contributed by atoms with E-state index in [1.807, 2.05) is 0 Å². The second kappa shape index (κ2) is 9.27. The number of nitrogens with one attached hydrogen (secondary N) is 3. The number of amides is 3. The minimum Gasteiger partial charge on any atom is -0.496 e. The SMILES string of the molecule is CNC(=O)c1cc2c(Oc3ccc(NC(=O)Nc4nccs4)cc3)ncnc2cc1OC. The highest BCUT2D eigenvalue weighted by Crippen LogP contribution is 2.32. The van der Waals surface area contributed by atoms with E-state index >= 15 is 0 Å². The first-order valence-corrected chi connectivity index (χ1v) is 10.3. The van der Waals surface area contributed by atoms with Gasteiger partial charge in [-0.3, -0.25) is 10.1 Å². The maximum Gasteiger partial charge on any atom is 0.325 e. The summed E-state index contributed by atoms with van der Waals surface area (Å²) in [6.45, 7) is 0. The molecule has 0 unspecified atom stereocenters. The van der Waals surface area contributed by atoms with Crippen LogP contribution in [0.2, 0.25) is 0 Å². The number of nitrogens with zero attached hydrogens (tertiary/aromatic N) is 3. The highest BCUT2D eigenvalue weighted by Gasteiger charge is 2.16. The Morgan fingerprint density at radius 1 is 1.03 bits per heavy atom. The monoisotopic (exact) mass is 450 g/mol. The van der Waals surface area contributed by atoms with Crippen molar-refractivity contribution in [2.45, 2.75) is 0 Å². The van der Waals surface area contributed by atoms with Gasteiger partial charge in [0, 0.05) is 30.4 Å². The predicted molar refractivity (Wildman–Crippen MR) is 121 cm³/mol. The number of carbonyl (C=O) groups is 2. The number of fused-ring (bicyclic) bond motifs is 1. The molecule has 0 spiro atoms. The Morgan fingerprint density at radius 3 is 2.53 bits per heavy atom. The molecule has 32 heavy (non-hydrogen) atoms. The summed E-state index contributed by atoms with van der Waals surface area (Å²) in [6, 6.07) is 9.65. The lowest BCUT2D eigenvalue weighted by Gasteiger charge is -2.12. The van der Waals surface area contributed by atoms with E-state index in [0.717, 1.165) is 0 Å². The van der Waals surface area contributed by atoms with E-state index < -0.39 is 6.03 Å². The van der Waals surface area contributed by atoms with Gasteiger partial charge in [0.25, 0.3) is 5.91 Å². The van der Waals surface area contributed by atoms with Crippen molar-refractivity contribution in [3.05, 3.63) is 59.9 Å². The third kappa shape index (κ3) is 4.57. The van der Waals surface area contributed by atoms with Crippen LogP contribution in [0, 0.1) is 0 Å². The first-order chi connectivity index (χ1) is 15.6. The smallest absolute Gasteiger partial charge is 0.325 e. The summed E-state index contributed by atoms with van der Waals surface area (Å²) in [6.07, 6.45) is 2.98. The molecule has 4 aromatic rings. The Hall–Kier alpha value is -4.25. The van der Waals surface area contributed by atoms with E-state index in [4.69, 9.17) is 9.47 Å². The Morgan fingerprint density at radius 2 is 1.84 bits per heavy atom. The number of aromatic nitrogens is 3. The summed E-state index contributed by atoms with van der Waals surface area (Å²) >= 11 is 1.32. The number of methoxy groups -OCH3 is 1. The highest BCUT2D eigenvalue weighted by atomic mass is 32.1. The number of rotatable bonds is 6. The van der Waals surface area contributed by atoms with E-state index in [2.05, 4.69) is 30.9 Å². The molecule has 11 heteroatoms. The molecule has 0 aliphatic rings. The van der Waals surface area contributed by atoms with E-state index in [9.17, 15) is 9.59 Å². The number of benzene rings is 2. The number of hydrogen-bond donors (Lipinski definition) is 3. The standard InChI is InChI=1S/C21H18N6O4S/c1-22-18(28)15-9-14-16(10-17(15)30-2)24-11-25-19(14)31-13-5-3-12(4-6-13)26-20(29)27-21-23-7-8-32-21/h3-11H,1-2H3,(H,22,28)(H2,23,26,27,29). The van der Waals surface area contributed by atoms with Gasteiger partial charge < -0.3 is 20.1 Å². The van der Waals surface area contributed by atoms with Crippen molar-refractivity contribution in [1.29, 1.82) is 0 Å². The zero-order valence-electron chi connectivity index (χ0n) is 17.1. The summed E-state index contributed by atoms with van der Waals surface area (Å²) < 4.78 is 11.2. The molecule has 0 fully saturated rings. The maximum atomic E-state index is 12.2. The quantitative estimate of drug-likeness (QED) is 0.407. The fraction of sp³-hybridized carbons (Fsp3) is 0.0952.